The highest BCUT2D eigenvalue weighted by Crippen LogP contribution is 2.31. The second kappa shape index (κ2) is 6.34. The van der Waals surface area contributed by atoms with Gasteiger partial charge < -0.3 is 9.84 Å². The molecule has 0 aromatic heterocycles. The van der Waals surface area contributed by atoms with E-state index in [1.165, 1.54) is 0 Å². The van der Waals surface area contributed by atoms with Crippen LogP contribution in [0.4, 0.5) is 0 Å². The minimum atomic E-state index is -3.63. The van der Waals surface area contributed by atoms with E-state index in [0.29, 0.717) is 25.2 Å². The number of sulfonamides is 1. The maximum absolute atomic E-state index is 12.5. The van der Waals surface area contributed by atoms with Crippen molar-refractivity contribution in [2.75, 3.05) is 13.2 Å². The van der Waals surface area contributed by atoms with Crippen molar-refractivity contribution in [3.05, 3.63) is 23.8 Å². The fourth-order valence-corrected chi connectivity index (χ4v) is 4.33. The predicted octanol–water partition coefficient (Wildman–Crippen LogP) is 1.98. The second-order valence-electron chi connectivity index (χ2n) is 5.61. The number of aliphatic hydroxyl groups excluding tert-OH is 1. The van der Waals surface area contributed by atoms with E-state index in [-0.39, 0.29) is 11.5 Å². The third kappa shape index (κ3) is 3.56. The normalized spacial score (nSPS) is 17.9. The van der Waals surface area contributed by atoms with Crippen molar-refractivity contribution in [1.29, 1.82) is 0 Å². The molecule has 2 N–H and O–H groups in total. The largest absolute Gasteiger partial charge is 0.494 e. The number of nitrogens with one attached hydrogen (secondary N) is 1. The number of aryl methyl sites for hydroxylation is 1. The molecule has 0 amide bonds. The topological polar surface area (TPSA) is 75.6 Å². The van der Waals surface area contributed by atoms with Crippen LogP contribution in [0.5, 0.6) is 5.75 Å². The highest BCUT2D eigenvalue weighted by molar-refractivity contribution is 7.89. The highest BCUT2D eigenvalue weighted by atomic mass is 32.2. The summed E-state index contributed by atoms with van der Waals surface area (Å²) >= 11 is 0. The first-order valence-electron chi connectivity index (χ1n) is 7.31. The Morgan fingerprint density at radius 1 is 1.33 bits per heavy atom. The molecule has 1 fully saturated rings. The van der Waals surface area contributed by atoms with Crippen molar-refractivity contribution in [2.45, 2.75) is 50.0 Å². The molecule has 0 bridgehead atoms. The maximum Gasteiger partial charge on any atom is 0.241 e. The molecule has 1 aliphatic rings. The van der Waals surface area contributed by atoms with Crippen LogP contribution in [0.25, 0.3) is 0 Å². The summed E-state index contributed by atoms with van der Waals surface area (Å²) < 4.78 is 33.1. The Labute approximate surface area is 126 Å². The number of ether oxygens (including phenoxy) is 1. The molecule has 1 aliphatic carbocycles. The summed E-state index contributed by atoms with van der Waals surface area (Å²) in [6.45, 7) is 4.08. The van der Waals surface area contributed by atoms with Gasteiger partial charge in [-0.3, -0.25) is 0 Å². The molecule has 6 heteroatoms. The zero-order valence-electron chi connectivity index (χ0n) is 12.6. The van der Waals surface area contributed by atoms with Gasteiger partial charge in [0.2, 0.25) is 10.0 Å². The van der Waals surface area contributed by atoms with Gasteiger partial charge in [-0.25, -0.2) is 13.1 Å². The van der Waals surface area contributed by atoms with Crippen LogP contribution in [0.1, 0.15) is 38.2 Å². The van der Waals surface area contributed by atoms with Gasteiger partial charge >= 0.3 is 0 Å². The zero-order chi connectivity index (χ0) is 15.5. The van der Waals surface area contributed by atoms with Crippen molar-refractivity contribution >= 4 is 10.0 Å². The molecule has 5 nitrogen and oxygen atoms in total. The predicted molar refractivity (Wildman–Crippen MR) is 81.0 cm³/mol. The molecule has 0 radical (unpaired) electrons. The van der Waals surface area contributed by atoms with E-state index in [9.17, 15) is 13.5 Å². The van der Waals surface area contributed by atoms with Crippen LogP contribution in [0.2, 0.25) is 0 Å². The third-order valence-electron chi connectivity index (χ3n) is 3.97. The van der Waals surface area contributed by atoms with Gasteiger partial charge in [0.1, 0.15) is 5.75 Å². The lowest BCUT2D eigenvalue weighted by Crippen LogP contribution is -2.49. The Kier molecular flexibility index (Phi) is 4.91. The average molecular weight is 313 g/mol. The summed E-state index contributed by atoms with van der Waals surface area (Å²) in [5.74, 6) is 0.689. The lowest BCUT2D eigenvalue weighted by molar-refractivity contribution is 0.185. The van der Waals surface area contributed by atoms with Crippen molar-refractivity contribution in [3.63, 3.8) is 0 Å². The van der Waals surface area contributed by atoms with Crippen LogP contribution in [0.15, 0.2) is 23.1 Å². The van der Waals surface area contributed by atoms with Gasteiger partial charge in [-0.2, -0.15) is 0 Å². The van der Waals surface area contributed by atoms with E-state index < -0.39 is 15.6 Å². The van der Waals surface area contributed by atoms with Crippen LogP contribution in [-0.4, -0.2) is 32.3 Å². The van der Waals surface area contributed by atoms with E-state index in [0.717, 1.165) is 18.4 Å². The lowest BCUT2D eigenvalue weighted by atomic mass is 10.0. The minimum Gasteiger partial charge on any atom is -0.494 e. The molecule has 0 atom stereocenters. The molecule has 0 unspecified atom stereocenters. The molecule has 1 aromatic rings. The number of aliphatic hydroxyl groups is 1. The monoisotopic (exact) mass is 313 g/mol. The Morgan fingerprint density at radius 2 is 2.00 bits per heavy atom. The molecular formula is C15H23NO4S. The van der Waals surface area contributed by atoms with Gasteiger partial charge in [0.05, 0.1) is 23.6 Å². The first-order valence-corrected chi connectivity index (χ1v) is 8.79. The Bertz CT molecular complexity index is 592. The van der Waals surface area contributed by atoms with Crippen LogP contribution in [0.3, 0.4) is 0 Å². The number of hydrogen-bond acceptors (Lipinski definition) is 4. The zero-order valence-corrected chi connectivity index (χ0v) is 13.4. The average Bonchev–Trinajstić information content (AvgIpc) is 2.89. The van der Waals surface area contributed by atoms with E-state index >= 15 is 0 Å². The Balaban J connectivity index is 2.25. The number of rotatable bonds is 6. The molecular weight excluding hydrogens is 290 g/mol. The van der Waals surface area contributed by atoms with Crippen molar-refractivity contribution in [3.8, 4) is 5.75 Å². The van der Waals surface area contributed by atoms with E-state index in [4.69, 9.17) is 4.74 Å². The van der Waals surface area contributed by atoms with Gasteiger partial charge in [-0.1, -0.05) is 12.8 Å². The minimum absolute atomic E-state index is 0.164. The molecule has 118 valence electrons. The van der Waals surface area contributed by atoms with Crippen molar-refractivity contribution in [2.24, 2.45) is 0 Å². The Morgan fingerprint density at radius 3 is 2.52 bits per heavy atom. The van der Waals surface area contributed by atoms with Crippen LogP contribution in [0, 0.1) is 6.92 Å². The van der Waals surface area contributed by atoms with Crippen molar-refractivity contribution in [1.82, 2.24) is 4.72 Å². The van der Waals surface area contributed by atoms with Gasteiger partial charge in [0.15, 0.2) is 0 Å². The Hall–Kier alpha value is -1.11. The molecule has 1 aromatic carbocycles. The van der Waals surface area contributed by atoms with Gasteiger partial charge in [0.25, 0.3) is 0 Å². The van der Waals surface area contributed by atoms with Gasteiger partial charge in [-0.15, -0.1) is 0 Å². The number of hydrogen-bond donors (Lipinski definition) is 2. The highest BCUT2D eigenvalue weighted by Gasteiger charge is 2.37. The van der Waals surface area contributed by atoms with Gasteiger partial charge in [0, 0.05) is 0 Å². The SMILES string of the molecule is CCOc1ccc(S(=O)(=O)NC2(CO)CCCC2)cc1C. The summed E-state index contributed by atoms with van der Waals surface area (Å²) in [6.07, 6.45) is 3.23. The van der Waals surface area contributed by atoms with Crippen LogP contribution >= 0.6 is 0 Å². The lowest BCUT2D eigenvalue weighted by Gasteiger charge is -2.27. The first kappa shape index (κ1) is 16.3. The molecule has 0 heterocycles. The van der Waals surface area contributed by atoms with E-state index in [2.05, 4.69) is 4.72 Å². The van der Waals surface area contributed by atoms with E-state index in [1.54, 1.807) is 18.2 Å². The first-order chi connectivity index (χ1) is 9.92. The molecule has 2 rings (SSSR count). The quantitative estimate of drug-likeness (QED) is 0.842. The summed E-state index contributed by atoms with van der Waals surface area (Å²) in [5, 5.41) is 9.55. The third-order valence-corrected chi connectivity index (χ3v) is 5.55. The summed E-state index contributed by atoms with van der Waals surface area (Å²) in [4.78, 5) is 0.211. The summed E-state index contributed by atoms with van der Waals surface area (Å²) in [5.41, 5.74) is 0.0786. The molecule has 0 aliphatic heterocycles. The van der Waals surface area contributed by atoms with Crippen LogP contribution < -0.4 is 9.46 Å². The number of benzene rings is 1. The smallest absolute Gasteiger partial charge is 0.241 e. The summed E-state index contributed by atoms with van der Waals surface area (Å²) in [7, 11) is -3.63. The maximum atomic E-state index is 12.5. The van der Waals surface area contributed by atoms with Crippen LogP contribution in [-0.2, 0) is 10.0 Å². The standard InChI is InChI=1S/C15H23NO4S/c1-3-20-14-7-6-13(10-12(14)2)21(18,19)16-15(11-17)8-4-5-9-15/h6-7,10,16-17H,3-5,8-9,11H2,1-2H3. The molecule has 0 spiro atoms. The fraction of sp³-hybridized carbons (Fsp3) is 0.600. The molecule has 21 heavy (non-hydrogen) atoms. The molecule has 1 saturated carbocycles. The van der Waals surface area contributed by atoms with Crippen molar-refractivity contribution < 1.29 is 18.3 Å². The second-order valence-corrected chi connectivity index (χ2v) is 7.29. The van der Waals surface area contributed by atoms with Gasteiger partial charge in [-0.05, 0) is 50.5 Å². The molecule has 0 saturated heterocycles. The fourth-order valence-electron chi connectivity index (χ4n) is 2.79. The van der Waals surface area contributed by atoms with E-state index in [1.807, 2.05) is 13.8 Å². The summed E-state index contributed by atoms with van der Waals surface area (Å²) in [6, 6.07) is 4.82.